The van der Waals surface area contributed by atoms with E-state index in [1.807, 2.05) is 32.0 Å². The topological polar surface area (TPSA) is 0 Å². The Bertz CT molecular complexity index is 2350. The third kappa shape index (κ3) is 5.36. The summed E-state index contributed by atoms with van der Waals surface area (Å²) in [5.74, 6) is 0. The first-order valence-electron chi connectivity index (χ1n) is 16.1. The van der Waals surface area contributed by atoms with Crippen LogP contribution in [0.4, 0.5) is 26.3 Å². The fraction of sp³-hybridized carbons (Fsp3) is 0.0909. The first kappa shape index (κ1) is 31.6. The van der Waals surface area contributed by atoms with Crippen molar-refractivity contribution in [3.8, 4) is 44.5 Å². The average molecular weight is 671 g/mol. The van der Waals surface area contributed by atoms with E-state index < -0.39 is 23.5 Å². The van der Waals surface area contributed by atoms with Crippen molar-refractivity contribution in [1.82, 2.24) is 0 Å². The minimum atomic E-state index is -4.49. The molecule has 0 bridgehead atoms. The summed E-state index contributed by atoms with van der Waals surface area (Å²) in [6.07, 6.45) is -8.99. The fourth-order valence-electron chi connectivity index (χ4n) is 7.09. The van der Waals surface area contributed by atoms with E-state index >= 15 is 0 Å². The molecule has 0 fully saturated rings. The summed E-state index contributed by atoms with van der Waals surface area (Å²) in [7, 11) is 0. The van der Waals surface area contributed by atoms with Crippen LogP contribution in [0.25, 0.3) is 76.8 Å². The molecule has 0 atom stereocenters. The third-order valence-electron chi connectivity index (χ3n) is 9.67. The Morgan fingerprint density at radius 3 is 0.800 bits per heavy atom. The highest BCUT2D eigenvalue weighted by Crippen LogP contribution is 2.49. The zero-order chi connectivity index (χ0) is 34.9. The Morgan fingerprint density at radius 1 is 0.320 bits per heavy atom. The van der Waals surface area contributed by atoms with Gasteiger partial charge in [-0.2, -0.15) is 26.3 Å². The predicted octanol–water partition coefficient (Wildman–Crippen LogP) is 13.9. The van der Waals surface area contributed by atoms with Crippen molar-refractivity contribution in [2.45, 2.75) is 26.2 Å². The maximum atomic E-state index is 13.6. The quantitative estimate of drug-likeness (QED) is 0.129. The number of aryl methyl sites for hydroxylation is 2. The summed E-state index contributed by atoms with van der Waals surface area (Å²) in [6, 6.07) is 39.1. The Balaban J connectivity index is 1.50. The fourth-order valence-corrected chi connectivity index (χ4v) is 7.09. The van der Waals surface area contributed by atoms with Gasteiger partial charge in [0.1, 0.15) is 0 Å². The van der Waals surface area contributed by atoms with Crippen LogP contribution in [-0.2, 0) is 12.4 Å². The number of halogens is 6. The summed E-state index contributed by atoms with van der Waals surface area (Å²) < 4.78 is 81.4. The Kier molecular flexibility index (Phi) is 7.26. The molecule has 0 amide bonds. The van der Waals surface area contributed by atoms with Crippen molar-refractivity contribution in [3.05, 3.63) is 156 Å². The molecule has 0 saturated carbocycles. The van der Waals surface area contributed by atoms with E-state index in [1.165, 1.54) is 24.3 Å². The monoisotopic (exact) mass is 670 g/mol. The molecular formula is C44H28F6. The van der Waals surface area contributed by atoms with Crippen LogP contribution in [0.5, 0.6) is 0 Å². The van der Waals surface area contributed by atoms with Crippen LogP contribution in [0.3, 0.4) is 0 Å². The van der Waals surface area contributed by atoms with E-state index in [1.54, 1.807) is 0 Å². The third-order valence-corrected chi connectivity index (χ3v) is 9.67. The Labute approximate surface area is 284 Å². The molecule has 0 aliphatic carbocycles. The van der Waals surface area contributed by atoms with Gasteiger partial charge in [-0.15, -0.1) is 0 Å². The van der Waals surface area contributed by atoms with Crippen molar-refractivity contribution in [1.29, 1.82) is 0 Å². The lowest BCUT2D eigenvalue weighted by Gasteiger charge is -2.22. The molecule has 0 heterocycles. The van der Waals surface area contributed by atoms with Gasteiger partial charge in [0, 0.05) is 0 Å². The lowest BCUT2D eigenvalue weighted by Crippen LogP contribution is -2.04. The maximum Gasteiger partial charge on any atom is 0.416 e. The van der Waals surface area contributed by atoms with Gasteiger partial charge in [0.05, 0.1) is 11.1 Å². The maximum absolute atomic E-state index is 13.6. The van der Waals surface area contributed by atoms with Gasteiger partial charge in [-0.3, -0.25) is 0 Å². The first-order chi connectivity index (χ1) is 23.9. The van der Waals surface area contributed by atoms with Gasteiger partial charge < -0.3 is 0 Å². The molecule has 8 aromatic carbocycles. The van der Waals surface area contributed by atoms with Crippen molar-refractivity contribution < 1.29 is 26.3 Å². The van der Waals surface area contributed by atoms with E-state index in [4.69, 9.17) is 0 Å². The lowest BCUT2D eigenvalue weighted by molar-refractivity contribution is -0.138. The van der Waals surface area contributed by atoms with Crippen LogP contribution in [0.2, 0.25) is 0 Å². The molecule has 50 heavy (non-hydrogen) atoms. The molecule has 0 unspecified atom stereocenters. The summed E-state index contributed by atoms with van der Waals surface area (Å²) in [6.45, 7) is 4.08. The molecule has 246 valence electrons. The number of alkyl halides is 6. The van der Waals surface area contributed by atoms with Crippen LogP contribution in [-0.4, -0.2) is 0 Å². The Hall–Kier alpha value is -5.62. The van der Waals surface area contributed by atoms with Crippen LogP contribution in [0, 0.1) is 13.8 Å². The van der Waals surface area contributed by atoms with E-state index in [0.29, 0.717) is 22.3 Å². The van der Waals surface area contributed by atoms with Crippen LogP contribution in [0.1, 0.15) is 22.3 Å². The highest BCUT2D eigenvalue weighted by molar-refractivity contribution is 6.31. The summed E-state index contributed by atoms with van der Waals surface area (Å²) in [4.78, 5) is 0. The number of hydrogen-bond acceptors (Lipinski definition) is 0. The standard InChI is InChI=1S/C44H28F6/c1-25-3-7-27(8-4-25)37-23-38(28-9-5-26(2)6-10-28)34-20-22-36-40(30-13-17-32(18-14-30)44(48,49)50)24-39(35-21-19-33(37)41(34)42(35)36)29-11-15-31(16-12-29)43(45,46)47/h3-24H,1-2H3. The van der Waals surface area contributed by atoms with Crippen molar-refractivity contribution >= 4 is 32.3 Å². The number of hydrogen-bond donors (Lipinski definition) is 0. The number of rotatable bonds is 4. The van der Waals surface area contributed by atoms with E-state index in [2.05, 4.69) is 66.7 Å². The van der Waals surface area contributed by atoms with Gasteiger partial charge >= 0.3 is 12.4 Å². The van der Waals surface area contributed by atoms with Gasteiger partial charge in [-0.05, 0) is 127 Å². The molecule has 8 aromatic rings. The van der Waals surface area contributed by atoms with Gasteiger partial charge in [-0.1, -0.05) is 108 Å². The van der Waals surface area contributed by atoms with Gasteiger partial charge in [0.15, 0.2) is 0 Å². The lowest BCUT2D eigenvalue weighted by atomic mass is 9.81. The molecule has 8 rings (SSSR count). The van der Waals surface area contributed by atoms with Crippen molar-refractivity contribution in [2.75, 3.05) is 0 Å². The molecule has 0 spiro atoms. The molecular weight excluding hydrogens is 642 g/mol. The molecule has 0 nitrogen and oxygen atoms in total. The van der Waals surface area contributed by atoms with Gasteiger partial charge in [0.2, 0.25) is 0 Å². The zero-order valence-electron chi connectivity index (χ0n) is 27.0. The molecule has 0 aliphatic rings. The summed E-state index contributed by atoms with van der Waals surface area (Å²) >= 11 is 0. The highest BCUT2D eigenvalue weighted by atomic mass is 19.4. The van der Waals surface area contributed by atoms with E-state index in [-0.39, 0.29) is 0 Å². The summed E-state index contributed by atoms with van der Waals surface area (Å²) in [5.41, 5.74) is 7.39. The highest BCUT2D eigenvalue weighted by Gasteiger charge is 2.31. The summed E-state index contributed by atoms with van der Waals surface area (Å²) in [5, 5.41) is 5.56. The average Bonchev–Trinajstić information content (AvgIpc) is 3.10. The second-order valence-corrected chi connectivity index (χ2v) is 12.9. The second kappa shape index (κ2) is 11.5. The minimum absolute atomic E-state index is 0.571. The first-order valence-corrected chi connectivity index (χ1v) is 16.1. The Morgan fingerprint density at radius 2 is 0.560 bits per heavy atom. The number of benzene rings is 8. The smallest absolute Gasteiger partial charge is 0.166 e. The van der Waals surface area contributed by atoms with Crippen molar-refractivity contribution in [2.24, 2.45) is 0 Å². The van der Waals surface area contributed by atoms with E-state index in [9.17, 15) is 26.3 Å². The molecule has 0 N–H and O–H groups in total. The van der Waals surface area contributed by atoms with Crippen LogP contribution >= 0.6 is 0 Å². The SMILES string of the molecule is Cc1ccc(-c2cc(-c3ccc(C)cc3)c3ccc4c(-c5ccc(C(F)(F)F)cc5)cc(-c5ccc(C(F)(F)F)cc5)c5ccc2c3c54)cc1. The second-order valence-electron chi connectivity index (χ2n) is 12.9. The van der Waals surface area contributed by atoms with Gasteiger partial charge in [0.25, 0.3) is 0 Å². The minimum Gasteiger partial charge on any atom is -0.166 e. The van der Waals surface area contributed by atoms with E-state index in [0.717, 1.165) is 90.0 Å². The molecule has 0 aromatic heterocycles. The largest absolute Gasteiger partial charge is 0.416 e. The molecule has 0 saturated heterocycles. The molecule has 0 aliphatic heterocycles. The zero-order valence-corrected chi connectivity index (χ0v) is 27.0. The molecule has 6 heteroatoms. The predicted molar refractivity (Wildman–Crippen MR) is 191 cm³/mol. The normalized spacial score (nSPS) is 12.4. The molecule has 0 radical (unpaired) electrons. The van der Waals surface area contributed by atoms with Crippen molar-refractivity contribution in [3.63, 3.8) is 0 Å². The van der Waals surface area contributed by atoms with Gasteiger partial charge in [-0.25, -0.2) is 0 Å². The van der Waals surface area contributed by atoms with Crippen LogP contribution < -0.4 is 0 Å². The van der Waals surface area contributed by atoms with Crippen LogP contribution in [0.15, 0.2) is 133 Å².